The third-order valence-corrected chi connectivity index (χ3v) is 6.81. The first-order chi connectivity index (χ1) is 15.8. The molecular weight excluding hydrogens is 412 g/mol. The van der Waals surface area contributed by atoms with Gasteiger partial charge in [0.05, 0.1) is 12.6 Å². The Labute approximate surface area is 198 Å². The van der Waals surface area contributed by atoms with E-state index in [9.17, 15) is 9.59 Å². The SMILES string of the molecule is CC[C@H](C)c1ccccc1NC(=O)[C@@H](C)N1CCN(CC(=O)Nc2c(C)cccc2C)CC1. The fourth-order valence-corrected chi connectivity index (χ4v) is 4.37. The van der Waals surface area contributed by atoms with Crippen LogP contribution in [0.2, 0.25) is 0 Å². The normalized spacial score (nSPS) is 16.8. The summed E-state index contributed by atoms with van der Waals surface area (Å²) in [6.45, 7) is 13.7. The molecule has 0 bridgehead atoms. The number of nitrogens with zero attached hydrogens (tertiary/aromatic N) is 2. The maximum Gasteiger partial charge on any atom is 0.241 e. The molecule has 1 fully saturated rings. The standard InChI is InChI=1S/C27H38N4O2/c1-6-19(2)23-12-7-8-13-24(23)28-27(33)22(5)31-16-14-30(15-17-31)18-25(32)29-26-20(3)10-9-11-21(26)4/h7-13,19,22H,6,14-18H2,1-5H3,(H,28,33)(H,29,32)/t19-,22+/m0/s1. The summed E-state index contributed by atoms with van der Waals surface area (Å²) < 4.78 is 0. The van der Waals surface area contributed by atoms with Crippen LogP contribution in [0.5, 0.6) is 0 Å². The summed E-state index contributed by atoms with van der Waals surface area (Å²) in [7, 11) is 0. The second-order valence-corrected chi connectivity index (χ2v) is 9.19. The number of hydrogen-bond acceptors (Lipinski definition) is 4. The molecule has 2 aromatic rings. The molecule has 6 nitrogen and oxygen atoms in total. The maximum absolute atomic E-state index is 13.0. The van der Waals surface area contributed by atoms with E-state index in [0.29, 0.717) is 12.5 Å². The average Bonchev–Trinajstić information content (AvgIpc) is 2.81. The molecule has 33 heavy (non-hydrogen) atoms. The van der Waals surface area contributed by atoms with Crippen LogP contribution in [0.3, 0.4) is 0 Å². The Morgan fingerprint density at radius 3 is 2.18 bits per heavy atom. The highest BCUT2D eigenvalue weighted by atomic mass is 16.2. The maximum atomic E-state index is 13.0. The molecule has 178 valence electrons. The highest BCUT2D eigenvalue weighted by molar-refractivity contribution is 5.95. The van der Waals surface area contributed by atoms with E-state index in [1.165, 1.54) is 5.56 Å². The lowest BCUT2D eigenvalue weighted by molar-refractivity contribution is -0.122. The van der Waals surface area contributed by atoms with Crippen molar-refractivity contribution in [1.82, 2.24) is 9.80 Å². The summed E-state index contributed by atoms with van der Waals surface area (Å²) in [6.07, 6.45) is 1.03. The zero-order valence-corrected chi connectivity index (χ0v) is 20.6. The van der Waals surface area contributed by atoms with Gasteiger partial charge >= 0.3 is 0 Å². The van der Waals surface area contributed by atoms with Crippen LogP contribution < -0.4 is 10.6 Å². The van der Waals surface area contributed by atoms with Gasteiger partial charge in [0, 0.05) is 37.6 Å². The zero-order chi connectivity index (χ0) is 24.0. The minimum Gasteiger partial charge on any atom is -0.324 e. The van der Waals surface area contributed by atoms with E-state index in [0.717, 1.165) is 55.1 Å². The predicted octanol–water partition coefficient (Wildman–Crippen LogP) is 4.40. The summed E-state index contributed by atoms with van der Waals surface area (Å²) in [6, 6.07) is 13.9. The van der Waals surface area contributed by atoms with Crippen molar-refractivity contribution in [2.75, 3.05) is 43.4 Å². The quantitative estimate of drug-likeness (QED) is 0.626. The van der Waals surface area contributed by atoms with Gasteiger partial charge in [-0.25, -0.2) is 0 Å². The van der Waals surface area contributed by atoms with Crippen molar-refractivity contribution in [2.45, 2.75) is 53.0 Å². The van der Waals surface area contributed by atoms with E-state index in [4.69, 9.17) is 0 Å². The van der Waals surface area contributed by atoms with E-state index < -0.39 is 0 Å². The number of nitrogens with one attached hydrogen (secondary N) is 2. The molecule has 2 N–H and O–H groups in total. The summed E-state index contributed by atoms with van der Waals surface area (Å²) in [5.74, 6) is 0.426. The van der Waals surface area contributed by atoms with Crippen LogP contribution in [-0.2, 0) is 9.59 Å². The Bertz CT molecular complexity index is 946. The Morgan fingerprint density at radius 2 is 1.55 bits per heavy atom. The monoisotopic (exact) mass is 450 g/mol. The number of hydrogen-bond donors (Lipinski definition) is 2. The minimum absolute atomic E-state index is 0.00768. The van der Waals surface area contributed by atoms with E-state index in [1.807, 2.05) is 57.2 Å². The van der Waals surface area contributed by atoms with Crippen LogP contribution in [0.25, 0.3) is 0 Å². The van der Waals surface area contributed by atoms with E-state index in [2.05, 4.69) is 40.3 Å². The fourth-order valence-electron chi connectivity index (χ4n) is 4.37. The van der Waals surface area contributed by atoms with Gasteiger partial charge in [0.2, 0.25) is 11.8 Å². The molecule has 0 aliphatic carbocycles. The first-order valence-corrected chi connectivity index (χ1v) is 12.0. The van der Waals surface area contributed by atoms with Crippen LogP contribution in [0.15, 0.2) is 42.5 Å². The largest absolute Gasteiger partial charge is 0.324 e. The molecule has 2 aromatic carbocycles. The lowest BCUT2D eigenvalue weighted by Crippen LogP contribution is -2.53. The number of benzene rings is 2. The van der Waals surface area contributed by atoms with Crippen LogP contribution in [0.4, 0.5) is 11.4 Å². The highest BCUT2D eigenvalue weighted by Gasteiger charge is 2.27. The van der Waals surface area contributed by atoms with Gasteiger partial charge in [-0.2, -0.15) is 0 Å². The van der Waals surface area contributed by atoms with Gasteiger partial charge < -0.3 is 10.6 Å². The first-order valence-electron chi connectivity index (χ1n) is 12.0. The molecule has 1 saturated heterocycles. The van der Waals surface area contributed by atoms with E-state index in [-0.39, 0.29) is 17.9 Å². The second-order valence-electron chi connectivity index (χ2n) is 9.19. The minimum atomic E-state index is -0.222. The lowest BCUT2D eigenvalue weighted by Gasteiger charge is -2.37. The number of aryl methyl sites for hydroxylation is 2. The Morgan fingerprint density at radius 1 is 0.909 bits per heavy atom. The molecule has 0 aromatic heterocycles. The van der Waals surface area contributed by atoms with Gasteiger partial charge in [0.25, 0.3) is 0 Å². The number of para-hydroxylation sites is 2. The Balaban J connectivity index is 1.50. The molecule has 0 saturated carbocycles. The number of amides is 2. The van der Waals surface area contributed by atoms with Gasteiger partial charge in [0.1, 0.15) is 0 Å². The molecule has 1 aliphatic heterocycles. The van der Waals surface area contributed by atoms with E-state index in [1.54, 1.807) is 0 Å². The molecule has 1 aliphatic rings. The van der Waals surface area contributed by atoms with Crippen molar-refractivity contribution in [1.29, 1.82) is 0 Å². The van der Waals surface area contributed by atoms with Gasteiger partial charge in [-0.1, -0.05) is 50.2 Å². The van der Waals surface area contributed by atoms with Crippen molar-refractivity contribution in [3.8, 4) is 0 Å². The van der Waals surface area contributed by atoms with Crippen molar-refractivity contribution in [2.24, 2.45) is 0 Å². The van der Waals surface area contributed by atoms with Gasteiger partial charge in [0.15, 0.2) is 0 Å². The first kappa shape index (κ1) is 24.9. The van der Waals surface area contributed by atoms with Gasteiger partial charge in [-0.3, -0.25) is 19.4 Å². The van der Waals surface area contributed by atoms with Crippen LogP contribution in [0, 0.1) is 13.8 Å². The number of carbonyl (C=O) groups excluding carboxylic acids is 2. The molecule has 2 atom stereocenters. The predicted molar refractivity (Wildman–Crippen MR) is 136 cm³/mol. The summed E-state index contributed by atoms with van der Waals surface area (Å²) in [5.41, 5.74) is 5.14. The molecule has 6 heteroatoms. The summed E-state index contributed by atoms with van der Waals surface area (Å²) >= 11 is 0. The van der Waals surface area contributed by atoms with Crippen LogP contribution >= 0.6 is 0 Å². The average molecular weight is 451 g/mol. The zero-order valence-electron chi connectivity index (χ0n) is 20.6. The topological polar surface area (TPSA) is 64.7 Å². The Hall–Kier alpha value is -2.70. The third kappa shape index (κ3) is 6.42. The lowest BCUT2D eigenvalue weighted by atomic mass is 9.97. The van der Waals surface area contributed by atoms with Gasteiger partial charge in [-0.05, 0) is 55.9 Å². The van der Waals surface area contributed by atoms with Crippen molar-refractivity contribution < 1.29 is 9.59 Å². The number of piperazine rings is 1. The van der Waals surface area contributed by atoms with E-state index >= 15 is 0 Å². The summed E-state index contributed by atoms with van der Waals surface area (Å²) in [4.78, 5) is 29.9. The molecule has 0 unspecified atom stereocenters. The molecule has 0 radical (unpaired) electrons. The smallest absolute Gasteiger partial charge is 0.241 e. The van der Waals surface area contributed by atoms with Crippen molar-refractivity contribution >= 4 is 23.2 Å². The second kappa shape index (κ2) is 11.4. The van der Waals surface area contributed by atoms with Crippen LogP contribution in [-0.4, -0.2) is 60.4 Å². The van der Waals surface area contributed by atoms with Gasteiger partial charge in [-0.15, -0.1) is 0 Å². The number of rotatable bonds is 8. The summed E-state index contributed by atoms with van der Waals surface area (Å²) in [5, 5.41) is 6.21. The molecular formula is C27H38N4O2. The third-order valence-electron chi connectivity index (χ3n) is 6.81. The van der Waals surface area contributed by atoms with Crippen molar-refractivity contribution in [3.63, 3.8) is 0 Å². The Kier molecular flexibility index (Phi) is 8.64. The highest BCUT2D eigenvalue weighted by Crippen LogP contribution is 2.27. The molecule has 3 rings (SSSR count). The number of anilines is 2. The molecule has 1 heterocycles. The molecule has 0 spiro atoms. The van der Waals surface area contributed by atoms with Crippen LogP contribution in [0.1, 0.15) is 49.8 Å². The fraction of sp³-hybridized carbons (Fsp3) is 0.481. The van der Waals surface area contributed by atoms with Crippen molar-refractivity contribution in [3.05, 3.63) is 59.2 Å². The molecule has 2 amide bonds. The number of carbonyl (C=O) groups is 2.